The van der Waals surface area contributed by atoms with E-state index in [0.717, 1.165) is 22.4 Å². The smallest absolute Gasteiger partial charge is 0.313 e. The quantitative estimate of drug-likeness (QED) is 0.435. The van der Waals surface area contributed by atoms with Crippen LogP contribution in [0.4, 0.5) is 14.7 Å². The maximum atomic E-state index is 13.5. The number of halogens is 2. The molecular weight excluding hydrogens is 508 g/mol. The zero-order chi connectivity index (χ0) is 27.7. The highest BCUT2D eigenvalue weighted by Gasteiger charge is 2.33. The van der Waals surface area contributed by atoms with Crippen LogP contribution < -0.4 is 5.32 Å². The summed E-state index contributed by atoms with van der Waals surface area (Å²) < 4.78 is 33.7. The van der Waals surface area contributed by atoms with Crippen LogP contribution in [0.3, 0.4) is 0 Å². The number of rotatable bonds is 8. The maximum Gasteiger partial charge on any atom is 0.313 e. The number of carbonyl (C=O) groups is 2. The fourth-order valence-electron chi connectivity index (χ4n) is 4.64. The van der Waals surface area contributed by atoms with Crippen LogP contribution >= 0.6 is 0 Å². The molecule has 206 valence electrons. The van der Waals surface area contributed by atoms with Crippen LogP contribution in [-0.2, 0) is 40.3 Å². The van der Waals surface area contributed by atoms with Crippen molar-refractivity contribution in [1.29, 1.82) is 0 Å². The van der Waals surface area contributed by atoms with Gasteiger partial charge in [0.2, 0.25) is 11.9 Å². The average molecular weight is 540 g/mol. The SMILES string of the molecule is CC(C)(C)C(=O)OCn1cc(C2CN(C(=O)CCc3cnc(NC4Cc5cc(F)c(F)cc5C4)nc3)C2)nn1. The Bertz CT molecular complexity index is 1330. The van der Waals surface area contributed by atoms with Gasteiger partial charge in [-0.3, -0.25) is 9.59 Å². The molecule has 1 N–H and O–H groups in total. The number of carbonyl (C=O) groups excluding carboxylic acids is 2. The van der Waals surface area contributed by atoms with Crippen molar-refractivity contribution in [2.45, 2.75) is 65.1 Å². The highest BCUT2D eigenvalue weighted by molar-refractivity contribution is 5.77. The first-order valence-corrected chi connectivity index (χ1v) is 12.9. The molecule has 39 heavy (non-hydrogen) atoms. The zero-order valence-corrected chi connectivity index (χ0v) is 22.2. The molecular formula is C27H31F2N7O3. The second-order valence-corrected chi connectivity index (χ2v) is 11.2. The number of likely N-dealkylation sites (tertiary alicyclic amines) is 1. The average Bonchev–Trinajstić information content (AvgIpc) is 3.47. The Morgan fingerprint density at radius 2 is 1.72 bits per heavy atom. The van der Waals surface area contributed by atoms with Crippen LogP contribution in [0.1, 0.15) is 55.5 Å². The largest absolute Gasteiger partial charge is 0.442 e. The summed E-state index contributed by atoms with van der Waals surface area (Å²) in [6.45, 7) is 6.49. The van der Waals surface area contributed by atoms with Crippen LogP contribution in [0.2, 0.25) is 0 Å². The topological polar surface area (TPSA) is 115 Å². The minimum atomic E-state index is -0.831. The normalized spacial score (nSPS) is 15.7. The summed E-state index contributed by atoms with van der Waals surface area (Å²) >= 11 is 0. The molecule has 1 fully saturated rings. The molecule has 1 amide bonds. The third-order valence-electron chi connectivity index (χ3n) is 6.99. The number of benzene rings is 1. The summed E-state index contributed by atoms with van der Waals surface area (Å²) in [6, 6.07) is 2.47. The van der Waals surface area contributed by atoms with Gasteiger partial charge in [0, 0.05) is 43.9 Å². The molecule has 0 spiro atoms. The van der Waals surface area contributed by atoms with Crippen molar-refractivity contribution in [3.05, 3.63) is 64.7 Å². The number of anilines is 1. The Morgan fingerprint density at radius 1 is 1.08 bits per heavy atom. The van der Waals surface area contributed by atoms with Crippen LogP contribution in [0.25, 0.3) is 0 Å². The van der Waals surface area contributed by atoms with E-state index < -0.39 is 17.0 Å². The minimum absolute atomic E-state index is 0.00310. The molecule has 5 rings (SSSR count). The van der Waals surface area contributed by atoms with Gasteiger partial charge >= 0.3 is 5.97 Å². The number of hydrogen-bond acceptors (Lipinski definition) is 8. The second-order valence-electron chi connectivity index (χ2n) is 11.2. The van der Waals surface area contributed by atoms with Gasteiger partial charge in [-0.25, -0.2) is 23.4 Å². The lowest BCUT2D eigenvalue weighted by Crippen LogP contribution is -2.48. The molecule has 3 aromatic rings. The monoisotopic (exact) mass is 539 g/mol. The molecule has 12 heteroatoms. The van der Waals surface area contributed by atoms with E-state index >= 15 is 0 Å². The third kappa shape index (κ3) is 6.21. The van der Waals surface area contributed by atoms with Crippen molar-refractivity contribution in [3.63, 3.8) is 0 Å². The van der Waals surface area contributed by atoms with Gasteiger partial charge < -0.3 is 15.0 Å². The number of ether oxygens (including phenoxy) is 1. The van der Waals surface area contributed by atoms with Gasteiger partial charge in [-0.15, -0.1) is 5.10 Å². The summed E-state index contributed by atoms with van der Waals surface area (Å²) in [5, 5.41) is 11.4. The maximum absolute atomic E-state index is 13.5. The van der Waals surface area contributed by atoms with E-state index in [1.54, 1.807) is 44.3 Å². The molecule has 2 aromatic heterocycles. The second kappa shape index (κ2) is 10.7. The van der Waals surface area contributed by atoms with Crippen molar-refractivity contribution in [1.82, 2.24) is 29.9 Å². The van der Waals surface area contributed by atoms with Crippen LogP contribution in [0.5, 0.6) is 0 Å². The number of aromatic nitrogens is 5. The first kappa shape index (κ1) is 26.6. The van der Waals surface area contributed by atoms with Gasteiger partial charge in [0.15, 0.2) is 18.4 Å². The van der Waals surface area contributed by atoms with Gasteiger partial charge in [-0.2, -0.15) is 0 Å². The van der Waals surface area contributed by atoms with Crippen molar-refractivity contribution >= 4 is 17.8 Å². The first-order valence-electron chi connectivity index (χ1n) is 12.9. The van der Waals surface area contributed by atoms with Gasteiger partial charge in [0.05, 0.1) is 17.3 Å². The van der Waals surface area contributed by atoms with E-state index in [-0.39, 0.29) is 30.6 Å². The predicted octanol–water partition coefficient (Wildman–Crippen LogP) is 3.03. The third-order valence-corrected chi connectivity index (χ3v) is 6.99. The van der Waals surface area contributed by atoms with E-state index in [1.807, 2.05) is 0 Å². The molecule has 1 aromatic carbocycles. The number of amides is 1. The zero-order valence-electron chi connectivity index (χ0n) is 22.2. The molecule has 0 saturated carbocycles. The number of aryl methyl sites for hydroxylation is 1. The Labute approximate surface area is 224 Å². The van der Waals surface area contributed by atoms with Crippen LogP contribution in [0, 0.1) is 17.0 Å². The lowest BCUT2D eigenvalue weighted by atomic mass is 9.96. The number of esters is 1. The van der Waals surface area contributed by atoms with Crippen molar-refractivity contribution in [2.24, 2.45) is 5.41 Å². The van der Waals surface area contributed by atoms with Crippen molar-refractivity contribution in [3.8, 4) is 0 Å². The van der Waals surface area contributed by atoms with E-state index in [2.05, 4.69) is 25.6 Å². The molecule has 1 aliphatic carbocycles. The Hall–Kier alpha value is -3.96. The van der Waals surface area contributed by atoms with Crippen LogP contribution in [0.15, 0.2) is 30.7 Å². The molecule has 0 atom stereocenters. The lowest BCUT2D eigenvalue weighted by Gasteiger charge is -2.38. The number of hydrogen-bond donors (Lipinski definition) is 1. The molecule has 3 heterocycles. The summed E-state index contributed by atoms with van der Waals surface area (Å²) in [4.78, 5) is 35.0. The molecule has 1 saturated heterocycles. The number of nitrogens with zero attached hydrogens (tertiary/aromatic N) is 6. The molecule has 0 unspecified atom stereocenters. The Morgan fingerprint density at radius 3 is 2.33 bits per heavy atom. The highest BCUT2D eigenvalue weighted by Crippen LogP contribution is 2.27. The summed E-state index contributed by atoms with van der Waals surface area (Å²) in [5.74, 6) is -1.39. The number of nitrogens with one attached hydrogen (secondary N) is 1. The Balaban J connectivity index is 1.03. The fraction of sp³-hybridized carbons (Fsp3) is 0.481. The summed E-state index contributed by atoms with van der Waals surface area (Å²) in [7, 11) is 0. The Kier molecular flexibility index (Phi) is 7.28. The van der Waals surface area contributed by atoms with E-state index in [0.29, 0.717) is 44.7 Å². The summed E-state index contributed by atoms with van der Waals surface area (Å²) in [5.41, 5.74) is 2.61. The molecule has 1 aliphatic heterocycles. The minimum Gasteiger partial charge on any atom is -0.442 e. The lowest BCUT2D eigenvalue weighted by molar-refractivity contribution is -0.157. The van der Waals surface area contributed by atoms with Gasteiger partial charge in [0.25, 0.3) is 0 Å². The van der Waals surface area contributed by atoms with Gasteiger partial charge in [0.1, 0.15) is 0 Å². The van der Waals surface area contributed by atoms with Crippen LogP contribution in [-0.4, -0.2) is 60.9 Å². The van der Waals surface area contributed by atoms with Crippen molar-refractivity contribution < 1.29 is 23.1 Å². The molecule has 2 aliphatic rings. The van der Waals surface area contributed by atoms with Gasteiger partial charge in [-0.05, 0) is 68.9 Å². The molecule has 0 bridgehead atoms. The van der Waals surface area contributed by atoms with E-state index in [1.165, 1.54) is 16.8 Å². The summed E-state index contributed by atoms with van der Waals surface area (Å²) in [6.07, 6.45) is 7.13. The van der Waals surface area contributed by atoms with Gasteiger partial charge in [-0.1, -0.05) is 5.21 Å². The van der Waals surface area contributed by atoms with E-state index in [4.69, 9.17) is 4.74 Å². The molecule has 10 nitrogen and oxygen atoms in total. The first-order chi connectivity index (χ1) is 18.5. The predicted molar refractivity (Wildman–Crippen MR) is 136 cm³/mol. The van der Waals surface area contributed by atoms with Crippen molar-refractivity contribution in [2.75, 3.05) is 18.4 Å². The standard InChI is InChI=1S/C27H31F2N7O3/c1-27(2,3)25(38)39-15-36-14-23(33-34-36)19-12-35(13-19)24(37)5-4-16-10-30-26(31-11-16)32-20-6-17-8-21(28)22(29)9-18(17)7-20/h8-11,14,19-20H,4-7,12-13,15H2,1-3H3,(H,30,31,32). The molecule has 0 radical (unpaired) electrons. The highest BCUT2D eigenvalue weighted by atomic mass is 19.2. The fourth-order valence-corrected chi connectivity index (χ4v) is 4.64. The number of fused-ring (bicyclic) bond motifs is 1. The van der Waals surface area contributed by atoms with E-state index in [9.17, 15) is 18.4 Å².